The maximum absolute atomic E-state index is 2.19. The van der Waals surface area contributed by atoms with Gasteiger partial charge < -0.3 is 0 Å². The number of benzene rings is 1. The molecule has 0 N–H and O–H groups in total. The zero-order valence-electron chi connectivity index (χ0n) is 7.10. The van der Waals surface area contributed by atoms with Gasteiger partial charge in [-0.2, -0.15) is 0 Å². The van der Waals surface area contributed by atoms with Crippen LogP contribution in [0, 0.1) is 0 Å². The molecule has 0 aliphatic carbocycles. The average Bonchev–Trinajstić information content (AvgIpc) is 2.86. The summed E-state index contributed by atoms with van der Waals surface area (Å²) in [7, 11) is 0. The number of rotatable bonds is 0. The molecular formula is C10H6S4. The fraction of sp³-hybridized carbons (Fsp3) is 0. The van der Waals surface area contributed by atoms with E-state index < -0.39 is 0 Å². The van der Waals surface area contributed by atoms with E-state index in [0.717, 1.165) is 0 Å². The first-order chi connectivity index (χ1) is 6.93. The minimum absolute atomic E-state index is 1.40. The lowest BCUT2D eigenvalue weighted by atomic mass is 10.4. The molecule has 70 valence electrons. The second kappa shape index (κ2) is 3.93. The highest BCUT2D eigenvalue weighted by atomic mass is 32.2. The van der Waals surface area contributed by atoms with Crippen LogP contribution in [0.2, 0.25) is 0 Å². The molecule has 1 aromatic rings. The van der Waals surface area contributed by atoms with E-state index in [-0.39, 0.29) is 0 Å². The molecule has 0 spiro atoms. The molecule has 14 heavy (non-hydrogen) atoms. The Kier molecular flexibility index (Phi) is 2.62. The third kappa shape index (κ3) is 1.65. The van der Waals surface area contributed by atoms with Gasteiger partial charge in [0.05, 0.1) is 8.47 Å². The van der Waals surface area contributed by atoms with Gasteiger partial charge in [0.15, 0.2) is 0 Å². The van der Waals surface area contributed by atoms with E-state index >= 15 is 0 Å². The second-order valence-electron chi connectivity index (χ2n) is 2.73. The number of hydrogen-bond donors (Lipinski definition) is 0. The van der Waals surface area contributed by atoms with Crippen molar-refractivity contribution in [1.29, 1.82) is 0 Å². The van der Waals surface area contributed by atoms with Crippen molar-refractivity contribution >= 4 is 47.0 Å². The van der Waals surface area contributed by atoms with Gasteiger partial charge in [0, 0.05) is 9.79 Å². The van der Waals surface area contributed by atoms with Crippen molar-refractivity contribution < 1.29 is 0 Å². The zero-order chi connectivity index (χ0) is 9.38. The molecule has 2 aliphatic rings. The second-order valence-corrected chi connectivity index (χ2v) is 7.19. The van der Waals surface area contributed by atoms with Gasteiger partial charge in [0.25, 0.3) is 0 Å². The van der Waals surface area contributed by atoms with Crippen molar-refractivity contribution in [1.82, 2.24) is 0 Å². The van der Waals surface area contributed by atoms with Crippen LogP contribution in [0.4, 0.5) is 0 Å². The van der Waals surface area contributed by atoms with Crippen molar-refractivity contribution in [3.8, 4) is 0 Å². The topological polar surface area (TPSA) is 0 Å². The summed E-state index contributed by atoms with van der Waals surface area (Å²) < 4.78 is 2.86. The van der Waals surface area contributed by atoms with Crippen LogP contribution in [0.1, 0.15) is 0 Å². The minimum Gasteiger partial charge on any atom is -0.0884 e. The zero-order valence-corrected chi connectivity index (χ0v) is 10.4. The Morgan fingerprint density at radius 3 is 1.86 bits per heavy atom. The molecule has 0 radical (unpaired) electrons. The van der Waals surface area contributed by atoms with Crippen molar-refractivity contribution in [2.45, 2.75) is 9.79 Å². The molecule has 0 amide bonds. The summed E-state index contributed by atoms with van der Waals surface area (Å²) >= 11 is 7.45. The molecule has 0 saturated carbocycles. The average molecular weight is 254 g/mol. The van der Waals surface area contributed by atoms with Crippen LogP contribution in [0.5, 0.6) is 0 Å². The lowest BCUT2D eigenvalue weighted by molar-refractivity contribution is 1.27. The van der Waals surface area contributed by atoms with Gasteiger partial charge in [-0.3, -0.25) is 0 Å². The highest BCUT2D eigenvalue weighted by Crippen LogP contribution is 2.57. The molecule has 0 saturated heterocycles. The van der Waals surface area contributed by atoms with Crippen LogP contribution in [0.25, 0.3) is 0 Å². The maximum atomic E-state index is 2.19. The normalized spacial score (nSPS) is 19.1. The van der Waals surface area contributed by atoms with E-state index in [4.69, 9.17) is 0 Å². The molecule has 0 nitrogen and oxygen atoms in total. The summed E-state index contributed by atoms with van der Waals surface area (Å²) in [6.07, 6.45) is 0. The Hall–Kier alpha value is 0.1000. The summed E-state index contributed by atoms with van der Waals surface area (Å²) in [4.78, 5) is 2.79. The molecule has 0 fully saturated rings. The third-order valence-electron chi connectivity index (χ3n) is 1.83. The predicted octanol–water partition coefficient (Wildman–Crippen LogP) is 4.96. The first-order valence-corrected chi connectivity index (χ1v) is 7.50. The molecule has 2 heterocycles. The molecule has 2 aliphatic heterocycles. The van der Waals surface area contributed by atoms with Crippen molar-refractivity contribution in [2.75, 3.05) is 0 Å². The molecule has 0 atom stereocenters. The SMILES string of the molecule is C1=CSC(=C2Sc3ccccc3S2)S1. The Morgan fingerprint density at radius 2 is 1.29 bits per heavy atom. The van der Waals surface area contributed by atoms with Crippen LogP contribution < -0.4 is 0 Å². The van der Waals surface area contributed by atoms with Crippen LogP contribution in [0.3, 0.4) is 0 Å². The molecule has 3 rings (SSSR count). The molecule has 0 unspecified atom stereocenters. The van der Waals surface area contributed by atoms with Gasteiger partial charge in [0.1, 0.15) is 0 Å². The van der Waals surface area contributed by atoms with Gasteiger partial charge >= 0.3 is 0 Å². The summed E-state index contributed by atoms with van der Waals surface area (Å²) in [5, 5.41) is 4.30. The minimum atomic E-state index is 1.40. The summed E-state index contributed by atoms with van der Waals surface area (Å²) in [5.41, 5.74) is 0. The van der Waals surface area contributed by atoms with E-state index in [1.54, 1.807) is 0 Å². The van der Waals surface area contributed by atoms with Crippen LogP contribution >= 0.6 is 47.0 Å². The Labute approximate surface area is 100.0 Å². The summed E-state index contributed by atoms with van der Waals surface area (Å²) in [5.74, 6) is 0. The fourth-order valence-corrected chi connectivity index (χ4v) is 5.89. The highest BCUT2D eigenvalue weighted by molar-refractivity contribution is 8.32. The van der Waals surface area contributed by atoms with Gasteiger partial charge in [-0.05, 0) is 22.9 Å². The van der Waals surface area contributed by atoms with Gasteiger partial charge in [-0.15, -0.1) is 0 Å². The Bertz CT molecular complexity index is 397. The third-order valence-corrected chi connectivity index (χ3v) is 7.03. The van der Waals surface area contributed by atoms with Crippen LogP contribution in [0.15, 0.2) is 53.3 Å². The van der Waals surface area contributed by atoms with Crippen molar-refractivity contribution in [3.63, 3.8) is 0 Å². The van der Waals surface area contributed by atoms with E-state index in [0.29, 0.717) is 0 Å². The standard InChI is InChI=1S/C10H6S4/c1-2-4-8-7(3-1)13-10(14-8)9-11-5-6-12-9/h1-6H. The van der Waals surface area contributed by atoms with Gasteiger partial charge in [-0.25, -0.2) is 0 Å². The Balaban J connectivity index is 1.95. The van der Waals surface area contributed by atoms with E-state index in [9.17, 15) is 0 Å². The van der Waals surface area contributed by atoms with Crippen molar-refractivity contribution in [2.24, 2.45) is 0 Å². The molecule has 0 bridgehead atoms. The van der Waals surface area contributed by atoms with E-state index in [1.807, 2.05) is 47.0 Å². The monoisotopic (exact) mass is 254 g/mol. The number of fused-ring (bicyclic) bond motifs is 1. The summed E-state index contributed by atoms with van der Waals surface area (Å²) in [6.45, 7) is 0. The predicted molar refractivity (Wildman–Crippen MR) is 69.5 cm³/mol. The first kappa shape index (κ1) is 9.33. The van der Waals surface area contributed by atoms with Crippen LogP contribution in [-0.4, -0.2) is 0 Å². The molecule has 4 heteroatoms. The summed E-state index contributed by atoms with van der Waals surface area (Å²) in [6, 6.07) is 8.59. The maximum Gasteiger partial charge on any atom is 0.0706 e. The van der Waals surface area contributed by atoms with Gasteiger partial charge in [-0.1, -0.05) is 59.2 Å². The van der Waals surface area contributed by atoms with E-state index in [1.165, 1.54) is 18.3 Å². The van der Waals surface area contributed by atoms with Crippen LogP contribution in [-0.2, 0) is 0 Å². The smallest absolute Gasteiger partial charge is 0.0706 e. The lowest BCUT2D eigenvalue weighted by Gasteiger charge is -1.97. The highest BCUT2D eigenvalue weighted by Gasteiger charge is 2.21. The largest absolute Gasteiger partial charge is 0.0884 e. The molecular weight excluding hydrogens is 248 g/mol. The molecule has 0 aromatic heterocycles. The number of thioether (sulfide) groups is 4. The van der Waals surface area contributed by atoms with Crippen molar-refractivity contribution in [3.05, 3.63) is 43.6 Å². The fourth-order valence-electron chi connectivity index (χ4n) is 1.23. The quantitative estimate of drug-likeness (QED) is 0.641. The lowest BCUT2D eigenvalue weighted by Crippen LogP contribution is -1.65. The molecule has 1 aromatic carbocycles. The van der Waals surface area contributed by atoms with E-state index in [2.05, 4.69) is 35.1 Å². The first-order valence-electron chi connectivity index (χ1n) is 4.11. The Morgan fingerprint density at radius 1 is 0.714 bits per heavy atom. The number of hydrogen-bond acceptors (Lipinski definition) is 4. The van der Waals surface area contributed by atoms with Gasteiger partial charge in [0.2, 0.25) is 0 Å².